The Labute approximate surface area is 192 Å². The molecule has 0 aliphatic heterocycles. The summed E-state index contributed by atoms with van der Waals surface area (Å²) in [5.41, 5.74) is 2.51. The molecule has 2 amide bonds. The van der Waals surface area contributed by atoms with Gasteiger partial charge in [-0.15, -0.1) is 0 Å². The minimum atomic E-state index is -0.467. The summed E-state index contributed by atoms with van der Waals surface area (Å²) < 4.78 is 5.54. The number of nitrogens with one attached hydrogen (secondary N) is 2. The first kappa shape index (κ1) is 23.2. The SMILES string of the molecule is C[C@@H](NC(=O)COc1ccc(/C=C(\C#N)C(=O)NCc2cccnc2)cc1)c1ccccc1. The minimum Gasteiger partial charge on any atom is -0.484 e. The molecule has 3 rings (SSSR count). The van der Waals surface area contributed by atoms with Gasteiger partial charge >= 0.3 is 0 Å². The molecular weight excluding hydrogens is 416 g/mol. The van der Waals surface area contributed by atoms with E-state index in [1.807, 2.05) is 49.4 Å². The van der Waals surface area contributed by atoms with Crippen molar-refractivity contribution in [2.45, 2.75) is 19.5 Å². The van der Waals surface area contributed by atoms with Crippen LogP contribution in [0.4, 0.5) is 0 Å². The van der Waals surface area contributed by atoms with Crippen molar-refractivity contribution in [1.82, 2.24) is 15.6 Å². The predicted octanol–water partition coefficient (Wildman–Crippen LogP) is 3.56. The predicted molar refractivity (Wildman–Crippen MR) is 125 cm³/mol. The van der Waals surface area contributed by atoms with E-state index in [-0.39, 0.29) is 30.7 Å². The number of hydrogen-bond donors (Lipinski definition) is 2. The molecule has 0 saturated heterocycles. The summed E-state index contributed by atoms with van der Waals surface area (Å²) in [5, 5.41) is 14.9. The number of carbonyl (C=O) groups is 2. The van der Waals surface area contributed by atoms with Crippen molar-refractivity contribution in [3.8, 4) is 11.8 Å². The first-order valence-corrected chi connectivity index (χ1v) is 10.4. The van der Waals surface area contributed by atoms with Crippen molar-refractivity contribution < 1.29 is 14.3 Å². The van der Waals surface area contributed by atoms with E-state index in [4.69, 9.17) is 4.74 Å². The molecule has 0 aliphatic rings. The molecule has 0 aliphatic carbocycles. The lowest BCUT2D eigenvalue weighted by molar-refractivity contribution is -0.123. The van der Waals surface area contributed by atoms with Gasteiger partial charge in [0.05, 0.1) is 6.04 Å². The second-order valence-electron chi connectivity index (χ2n) is 7.27. The average molecular weight is 441 g/mol. The molecule has 1 aromatic heterocycles. The topological polar surface area (TPSA) is 104 Å². The molecule has 0 fully saturated rings. The zero-order chi connectivity index (χ0) is 23.5. The van der Waals surface area contributed by atoms with Crippen molar-refractivity contribution in [3.63, 3.8) is 0 Å². The number of aromatic nitrogens is 1. The Morgan fingerprint density at radius 3 is 2.52 bits per heavy atom. The van der Waals surface area contributed by atoms with Crippen molar-refractivity contribution in [2.24, 2.45) is 0 Å². The highest BCUT2D eigenvalue weighted by atomic mass is 16.5. The van der Waals surface area contributed by atoms with Gasteiger partial charge in [0.25, 0.3) is 11.8 Å². The Hall–Kier alpha value is -4.44. The van der Waals surface area contributed by atoms with E-state index in [0.717, 1.165) is 11.1 Å². The summed E-state index contributed by atoms with van der Waals surface area (Å²) >= 11 is 0. The number of rotatable bonds is 9. The fraction of sp³-hybridized carbons (Fsp3) is 0.154. The molecule has 0 saturated carbocycles. The highest BCUT2D eigenvalue weighted by Crippen LogP contribution is 2.15. The minimum absolute atomic E-state index is 0.0122. The van der Waals surface area contributed by atoms with Crippen LogP contribution < -0.4 is 15.4 Å². The zero-order valence-electron chi connectivity index (χ0n) is 18.2. The number of hydrogen-bond acceptors (Lipinski definition) is 5. The number of pyridine rings is 1. The van der Waals surface area contributed by atoms with Gasteiger partial charge in [0.1, 0.15) is 17.4 Å². The van der Waals surface area contributed by atoms with Crippen LogP contribution in [0.2, 0.25) is 0 Å². The summed E-state index contributed by atoms with van der Waals surface area (Å²) in [6.07, 6.45) is 4.80. The van der Waals surface area contributed by atoms with E-state index in [1.165, 1.54) is 6.08 Å². The van der Waals surface area contributed by atoms with Gasteiger partial charge in [0.15, 0.2) is 6.61 Å². The molecule has 0 unspecified atom stereocenters. The van der Waals surface area contributed by atoms with Crippen LogP contribution in [-0.4, -0.2) is 23.4 Å². The quantitative estimate of drug-likeness (QED) is 0.391. The molecule has 0 radical (unpaired) electrons. The lowest BCUT2D eigenvalue weighted by atomic mass is 10.1. The molecule has 0 spiro atoms. The lowest BCUT2D eigenvalue weighted by Crippen LogP contribution is -2.31. The summed E-state index contributed by atoms with van der Waals surface area (Å²) in [7, 11) is 0. The second kappa shape index (κ2) is 11.8. The van der Waals surface area contributed by atoms with E-state index in [0.29, 0.717) is 11.3 Å². The Bertz CT molecular complexity index is 1140. The van der Waals surface area contributed by atoms with Crippen LogP contribution in [-0.2, 0) is 16.1 Å². The van der Waals surface area contributed by atoms with Gasteiger partial charge in [-0.25, -0.2) is 0 Å². The summed E-state index contributed by atoms with van der Waals surface area (Å²) in [6, 6.07) is 21.9. The summed E-state index contributed by atoms with van der Waals surface area (Å²) in [5.74, 6) is -0.188. The third-order valence-corrected chi connectivity index (χ3v) is 4.78. The first-order valence-electron chi connectivity index (χ1n) is 10.4. The maximum atomic E-state index is 12.3. The van der Waals surface area contributed by atoms with E-state index in [1.54, 1.807) is 42.7 Å². The van der Waals surface area contributed by atoms with Gasteiger partial charge in [-0.05, 0) is 47.9 Å². The molecule has 2 aromatic carbocycles. The van der Waals surface area contributed by atoms with Crippen molar-refractivity contribution >= 4 is 17.9 Å². The average Bonchev–Trinajstić information content (AvgIpc) is 2.86. The van der Waals surface area contributed by atoms with Gasteiger partial charge in [-0.2, -0.15) is 5.26 Å². The third-order valence-electron chi connectivity index (χ3n) is 4.78. The van der Waals surface area contributed by atoms with Crippen LogP contribution >= 0.6 is 0 Å². The van der Waals surface area contributed by atoms with Gasteiger partial charge in [0, 0.05) is 18.9 Å². The molecule has 2 N–H and O–H groups in total. The number of benzene rings is 2. The Kier molecular flexibility index (Phi) is 8.32. The van der Waals surface area contributed by atoms with Crippen molar-refractivity contribution in [2.75, 3.05) is 6.61 Å². The number of nitriles is 1. The molecule has 33 heavy (non-hydrogen) atoms. The van der Waals surface area contributed by atoms with Crippen LogP contribution in [0, 0.1) is 11.3 Å². The number of nitrogens with zero attached hydrogens (tertiary/aromatic N) is 2. The first-order chi connectivity index (χ1) is 16.0. The van der Waals surface area contributed by atoms with Crippen LogP contribution in [0.3, 0.4) is 0 Å². The third kappa shape index (κ3) is 7.33. The standard InChI is InChI=1S/C26H24N4O3/c1-19(22-7-3-2-4-8-22)30-25(31)18-33-24-11-9-20(10-12-24)14-23(15-27)26(32)29-17-21-6-5-13-28-16-21/h2-14,16,19H,17-18H2,1H3,(H,29,32)(H,30,31)/b23-14+/t19-/m1/s1. The fourth-order valence-electron chi connectivity index (χ4n) is 3.01. The highest BCUT2D eigenvalue weighted by molar-refractivity contribution is 6.01. The fourth-order valence-corrected chi connectivity index (χ4v) is 3.01. The largest absolute Gasteiger partial charge is 0.484 e. The van der Waals surface area contributed by atoms with Gasteiger partial charge in [-0.1, -0.05) is 48.5 Å². The molecule has 3 aromatic rings. The van der Waals surface area contributed by atoms with Crippen LogP contribution in [0.15, 0.2) is 84.7 Å². The van der Waals surface area contributed by atoms with E-state index < -0.39 is 5.91 Å². The number of ether oxygens (including phenoxy) is 1. The molecular formula is C26H24N4O3. The van der Waals surface area contributed by atoms with Crippen LogP contribution in [0.25, 0.3) is 6.08 Å². The van der Waals surface area contributed by atoms with Gasteiger partial charge in [-0.3, -0.25) is 14.6 Å². The molecule has 0 bridgehead atoms. The molecule has 1 atom stereocenters. The van der Waals surface area contributed by atoms with E-state index in [2.05, 4.69) is 15.6 Å². The smallest absolute Gasteiger partial charge is 0.262 e. The lowest BCUT2D eigenvalue weighted by Gasteiger charge is -2.14. The molecule has 1 heterocycles. The Balaban J connectivity index is 1.51. The Morgan fingerprint density at radius 2 is 1.85 bits per heavy atom. The normalized spacial score (nSPS) is 11.7. The second-order valence-corrected chi connectivity index (χ2v) is 7.27. The monoisotopic (exact) mass is 440 g/mol. The van der Waals surface area contributed by atoms with Crippen molar-refractivity contribution in [3.05, 3.63) is 101 Å². The molecule has 7 nitrogen and oxygen atoms in total. The zero-order valence-corrected chi connectivity index (χ0v) is 18.2. The highest BCUT2D eigenvalue weighted by Gasteiger charge is 2.11. The number of carbonyl (C=O) groups excluding carboxylic acids is 2. The van der Waals surface area contributed by atoms with E-state index >= 15 is 0 Å². The van der Waals surface area contributed by atoms with Crippen molar-refractivity contribution in [1.29, 1.82) is 5.26 Å². The summed E-state index contributed by atoms with van der Waals surface area (Å²) in [4.78, 5) is 28.4. The van der Waals surface area contributed by atoms with Crippen LogP contribution in [0.5, 0.6) is 5.75 Å². The Morgan fingerprint density at radius 1 is 1.09 bits per heavy atom. The summed E-state index contributed by atoms with van der Waals surface area (Å²) in [6.45, 7) is 2.07. The molecule has 7 heteroatoms. The maximum absolute atomic E-state index is 12.3. The van der Waals surface area contributed by atoms with Gasteiger partial charge in [0.2, 0.25) is 0 Å². The van der Waals surface area contributed by atoms with Crippen LogP contribution in [0.1, 0.15) is 29.7 Å². The maximum Gasteiger partial charge on any atom is 0.262 e. The number of amides is 2. The van der Waals surface area contributed by atoms with E-state index in [9.17, 15) is 14.9 Å². The van der Waals surface area contributed by atoms with Gasteiger partial charge < -0.3 is 15.4 Å². The molecule has 166 valence electrons.